The summed E-state index contributed by atoms with van der Waals surface area (Å²) in [6.07, 6.45) is 0. The van der Waals surface area contributed by atoms with Crippen LogP contribution in [0.2, 0.25) is 0 Å². The SMILES string of the molecule is CC(C)(OC(=O)c1ccc(CBr)cc1)C(=O)OCc1ccccc1. The molecule has 0 saturated carbocycles. The van der Waals surface area contributed by atoms with Crippen molar-refractivity contribution in [1.29, 1.82) is 0 Å². The Balaban J connectivity index is 1.95. The molecule has 0 heterocycles. The van der Waals surface area contributed by atoms with Gasteiger partial charge in [-0.1, -0.05) is 58.4 Å². The Morgan fingerprint density at radius 2 is 1.58 bits per heavy atom. The molecule has 2 aromatic rings. The van der Waals surface area contributed by atoms with Crippen molar-refractivity contribution in [3.63, 3.8) is 0 Å². The number of rotatable bonds is 6. The van der Waals surface area contributed by atoms with Gasteiger partial charge in [-0.2, -0.15) is 0 Å². The van der Waals surface area contributed by atoms with E-state index in [1.54, 1.807) is 12.1 Å². The highest BCUT2D eigenvalue weighted by atomic mass is 79.9. The molecule has 0 atom stereocenters. The largest absolute Gasteiger partial charge is 0.458 e. The Bertz CT molecular complexity index is 693. The van der Waals surface area contributed by atoms with Crippen LogP contribution in [0.1, 0.15) is 35.3 Å². The summed E-state index contributed by atoms with van der Waals surface area (Å²) in [5, 5.41) is 0.708. The highest BCUT2D eigenvalue weighted by molar-refractivity contribution is 9.08. The second kappa shape index (κ2) is 8.11. The molecule has 0 aliphatic rings. The van der Waals surface area contributed by atoms with Gasteiger partial charge < -0.3 is 9.47 Å². The molecule has 0 radical (unpaired) electrons. The summed E-state index contributed by atoms with van der Waals surface area (Å²) in [6, 6.07) is 16.3. The van der Waals surface area contributed by atoms with E-state index in [0.29, 0.717) is 10.9 Å². The number of esters is 2. The lowest BCUT2D eigenvalue weighted by Crippen LogP contribution is -2.38. The summed E-state index contributed by atoms with van der Waals surface area (Å²) < 4.78 is 10.6. The number of alkyl halides is 1. The van der Waals surface area contributed by atoms with Crippen LogP contribution in [-0.2, 0) is 26.2 Å². The fraction of sp³-hybridized carbons (Fsp3) is 0.263. The van der Waals surface area contributed by atoms with Crippen molar-refractivity contribution in [3.05, 3.63) is 71.3 Å². The number of halogens is 1. The molecule has 2 aromatic carbocycles. The second-order valence-corrected chi connectivity index (χ2v) is 6.35. The van der Waals surface area contributed by atoms with E-state index in [2.05, 4.69) is 15.9 Å². The van der Waals surface area contributed by atoms with Crippen molar-refractivity contribution in [2.75, 3.05) is 0 Å². The van der Waals surface area contributed by atoms with Gasteiger partial charge >= 0.3 is 11.9 Å². The molecule has 24 heavy (non-hydrogen) atoms. The van der Waals surface area contributed by atoms with Crippen molar-refractivity contribution in [3.8, 4) is 0 Å². The number of carbonyl (C=O) groups is 2. The molecular weight excluding hydrogens is 372 g/mol. The van der Waals surface area contributed by atoms with Crippen molar-refractivity contribution in [1.82, 2.24) is 0 Å². The molecule has 0 fully saturated rings. The van der Waals surface area contributed by atoms with E-state index in [1.165, 1.54) is 13.8 Å². The molecule has 0 bridgehead atoms. The van der Waals surface area contributed by atoms with Gasteiger partial charge in [0.1, 0.15) is 6.61 Å². The van der Waals surface area contributed by atoms with E-state index in [1.807, 2.05) is 42.5 Å². The molecule has 0 amide bonds. The molecule has 0 aliphatic carbocycles. The quantitative estimate of drug-likeness (QED) is 0.546. The van der Waals surface area contributed by atoms with Crippen LogP contribution in [-0.4, -0.2) is 17.5 Å². The standard InChI is InChI=1S/C19H19BrO4/c1-19(2,18(22)23-13-15-6-4-3-5-7-15)24-17(21)16-10-8-14(12-20)9-11-16/h3-11H,12-13H2,1-2H3. The van der Waals surface area contributed by atoms with Gasteiger partial charge in [0.15, 0.2) is 0 Å². The minimum absolute atomic E-state index is 0.139. The van der Waals surface area contributed by atoms with Gasteiger partial charge in [0.25, 0.3) is 0 Å². The average molecular weight is 391 g/mol. The fourth-order valence-electron chi connectivity index (χ4n) is 1.96. The number of carbonyl (C=O) groups excluding carboxylic acids is 2. The molecule has 2 rings (SSSR count). The molecule has 0 saturated heterocycles. The number of ether oxygens (including phenoxy) is 2. The van der Waals surface area contributed by atoms with Crippen LogP contribution >= 0.6 is 15.9 Å². The van der Waals surface area contributed by atoms with Crippen molar-refractivity contribution < 1.29 is 19.1 Å². The molecule has 0 N–H and O–H groups in total. The first-order valence-corrected chi connectivity index (χ1v) is 8.64. The van der Waals surface area contributed by atoms with Gasteiger partial charge in [-0.15, -0.1) is 0 Å². The van der Waals surface area contributed by atoms with E-state index in [-0.39, 0.29) is 6.61 Å². The summed E-state index contributed by atoms with van der Waals surface area (Å²) in [6.45, 7) is 3.18. The van der Waals surface area contributed by atoms with E-state index < -0.39 is 17.5 Å². The zero-order valence-corrected chi connectivity index (χ0v) is 15.2. The van der Waals surface area contributed by atoms with Gasteiger partial charge in [0, 0.05) is 5.33 Å². The summed E-state index contributed by atoms with van der Waals surface area (Å²) in [4.78, 5) is 24.4. The zero-order chi connectivity index (χ0) is 17.6. The maximum atomic E-state index is 12.2. The van der Waals surface area contributed by atoms with E-state index in [4.69, 9.17) is 9.47 Å². The van der Waals surface area contributed by atoms with Gasteiger partial charge in [-0.3, -0.25) is 0 Å². The van der Waals surface area contributed by atoms with Crippen LogP contribution < -0.4 is 0 Å². The number of hydrogen-bond donors (Lipinski definition) is 0. The van der Waals surface area contributed by atoms with Crippen LogP contribution in [0.25, 0.3) is 0 Å². The Labute approximate surface area is 149 Å². The first kappa shape index (κ1) is 18.2. The Hall–Kier alpha value is -2.14. The lowest BCUT2D eigenvalue weighted by Gasteiger charge is -2.23. The predicted octanol–water partition coefficient (Wildman–Crippen LogP) is 4.26. The van der Waals surface area contributed by atoms with Crippen molar-refractivity contribution in [2.45, 2.75) is 31.4 Å². The molecule has 0 spiro atoms. The van der Waals surface area contributed by atoms with Crippen LogP contribution in [0.3, 0.4) is 0 Å². The highest BCUT2D eigenvalue weighted by Crippen LogP contribution is 2.17. The first-order valence-electron chi connectivity index (χ1n) is 7.52. The van der Waals surface area contributed by atoms with Crippen molar-refractivity contribution >= 4 is 27.9 Å². The molecule has 5 heteroatoms. The Kier molecular flexibility index (Phi) is 6.15. The van der Waals surface area contributed by atoms with Crippen LogP contribution in [0, 0.1) is 0 Å². The third-order valence-corrected chi connectivity index (χ3v) is 4.04. The summed E-state index contributed by atoms with van der Waals surface area (Å²) in [7, 11) is 0. The van der Waals surface area contributed by atoms with Gasteiger partial charge in [0.05, 0.1) is 5.56 Å². The average Bonchev–Trinajstić information content (AvgIpc) is 2.60. The van der Waals surface area contributed by atoms with E-state index >= 15 is 0 Å². The second-order valence-electron chi connectivity index (χ2n) is 5.79. The van der Waals surface area contributed by atoms with Crippen molar-refractivity contribution in [2.24, 2.45) is 0 Å². The van der Waals surface area contributed by atoms with Crippen LogP contribution in [0.15, 0.2) is 54.6 Å². The Morgan fingerprint density at radius 3 is 2.17 bits per heavy atom. The summed E-state index contributed by atoms with van der Waals surface area (Å²) in [5.41, 5.74) is 0.954. The van der Waals surface area contributed by atoms with Gasteiger partial charge in [0.2, 0.25) is 5.60 Å². The molecule has 0 unspecified atom stereocenters. The fourth-order valence-corrected chi connectivity index (χ4v) is 2.33. The van der Waals surface area contributed by atoms with Gasteiger partial charge in [-0.05, 0) is 37.1 Å². The monoisotopic (exact) mass is 390 g/mol. The summed E-state index contributed by atoms with van der Waals surface area (Å²) in [5.74, 6) is -1.14. The minimum atomic E-state index is -1.36. The lowest BCUT2D eigenvalue weighted by molar-refractivity contribution is -0.163. The number of benzene rings is 2. The Morgan fingerprint density at radius 1 is 0.958 bits per heavy atom. The maximum Gasteiger partial charge on any atom is 0.350 e. The van der Waals surface area contributed by atoms with Gasteiger partial charge in [-0.25, -0.2) is 9.59 Å². The summed E-state index contributed by atoms with van der Waals surface area (Å²) >= 11 is 3.35. The van der Waals surface area contributed by atoms with Crippen LogP contribution in [0.4, 0.5) is 0 Å². The van der Waals surface area contributed by atoms with E-state index in [9.17, 15) is 9.59 Å². The number of hydrogen-bond acceptors (Lipinski definition) is 4. The molecule has 0 aliphatic heterocycles. The first-order chi connectivity index (χ1) is 11.4. The molecule has 126 valence electrons. The predicted molar refractivity (Wildman–Crippen MR) is 94.8 cm³/mol. The smallest absolute Gasteiger partial charge is 0.350 e. The maximum absolute atomic E-state index is 12.2. The normalized spacial score (nSPS) is 11.0. The van der Waals surface area contributed by atoms with E-state index in [0.717, 1.165) is 11.1 Å². The lowest BCUT2D eigenvalue weighted by atomic mass is 10.1. The minimum Gasteiger partial charge on any atom is -0.458 e. The third-order valence-electron chi connectivity index (χ3n) is 3.40. The molecule has 0 aromatic heterocycles. The third kappa shape index (κ3) is 4.93. The molecular formula is C19H19BrO4. The topological polar surface area (TPSA) is 52.6 Å². The van der Waals surface area contributed by atoms with Crippen LogP contribution in [0.5, 0.6) is 0 Å². The highest BCUT2D eigenvalue weighted by Gasteiger charge is 2.34. The molecule has 4 nitrogen and oxygen atoms in total. The zero-order valence-electron chi connectivity index (χ0n) is 13.6.